The first-order valence-electron chi connectivity index (χ1n) is 5.74. The second-order valence-corrected chi connectivity index (χ2v) is 4.50. The lowest BCUT2D eigenvalue weighted by Crippen LogP contribution is -2.14. The maximum atomic E-state index is 13.7. The van der Waals surface area contributed by atoms with Gasteiger partial charge in [-0.05, 0) is 18.2 Å². The normalized spacial score (nSPS) is 10.3. The highest BCUT2D eigenvalue weighted by molar-refractivity contribution is 6.30. The predicted molar refractivity (Wildman–Crippen MR) is 75.1 cm³/mol. The molecule has 2 aromatic carbocycles. The molecule has 0 aliphatic heterocycles. The van der Waals surface area contributed by atoms with Crippen molar-refractivity contribution >= 4 is 23.2 Å². The number of amides is 1. The zero-order valence-electron chi connectivity index (χ0n) is 10.4. The molecular weight excluding hydrogens is 283 g/mol. The smallest absolute Gasteiger partial charge is 0.252 e. The van der Waals surface area contributed by atoms with Gasteiger partial charge in [0.25, 0.3) is 5.91 Å². The molecule has 0 fully saturated rings. The molecule has 4 N–H and O–H groups in total. The molecule has 0 heterocycles. The van der Waals surface area contributed by atoms with Gasteiger partial charge in [-0.2, -0.15) is 0 Å². The first kappa shape index (κ1) is 14.1. The standard InChI is InChI=1S/C14H12ClFN2O2/c15-10-5-1-3-8(12(10)16)7-20-13-9(14(18)19)4-2-6-11(13)17/h1-6H,7,17H2,(H2,18,19). The molecule has 4 nitrogen and oxygen atoms in total. The van der Waals surface area contributed by atoms with Crippen molar-refractivity contribution < 1.29 is 13.9 Å². The first-order valence-corrected chi connectivity index (χ1v) is 6.12. The Morgan fingerprint density at radius 1 is 1.25 bits per heavy atom. The average Bonchev–Trinajstić information content (AvgIpc) is 2.41. The van der Waals surface area contributed by atoms with Crippen LogP contribution in [0, 0.1) is 5.82 Å². The van der Waals surface area contributed by atoms with Crippen molar-refractivity contribution in [3.8, 4) is 5.75 Å². The van der Waals surface area contributed by atoms with E-state index in [1.54, 1.807) is 18.2 Å². The van der Waals surface area contributed by atoms with E-state index in [1.807, 2.05) is 0 Å². The summed E-state index contributed by atoms with van der Waals surface area (Å²) in [5.41, 5.74) is 11.6. The number of benzene rings is 2. The Morgan fingerprint density at radius 2 is 1.95 bits per heavy atom. The van der Waals surface area contributed by atoms with Gasteiger partial charge in [-0.1, -0.05) is 29.8 Å². The van der Waals surface area contributed by atoms with Crippen molar-refractivity contribution in [1.29, 1.82) is 0 Å². The molecule has 0 aromatic heterocycles. The van der Waals surface area contributed by atoms with Crippen molar-refractivity contribution in [2.75, 3.05) is 5.73 Å². The van der Waals surface area contributed by atoms with Crippen LogP contribution < -0.4 is 16.2 Å². The quantitative estimate of drug-likeness (QED) is 0.851. The summed E-state index contributed by atoms with van der Waals surface area (Å²) in [6.45, 7) is -0.110. The number of rotatable bonds is 4. The predicted octanol–water partition coefficient (Wildman–Crippen LogP) is 2.74. The fourth-order valence-corrected chi connectivity index (χ4v) is 1.91. The SMILES string of the molecule is NC(=O)c1cccc(N)c1OCc1cccc(Cl)c1F. The summed E-state index contributed by atoms with van der Waals surface area (Å²) >= 11 is 5.68. The van der Waals surface area contributed by atoms with Gasteiger partial charge in [0, 0.05) is 5.56 Å². The third kappa shape index (κ3) is 2.83. The Balaban J connectivity index is 2.27. The van der Waals surface area contributed by atoms with Gasteiger partial charge in [-0.3, -0.25) is 4.79 Å². The van der Waals surface area contributed by atoms with E-state index in [4.69, 9.17) is 27.8 Å². The molecule has 20 heavy (non-hydrogen) atoms. The van der Waals surface area contributed by atoms with Crippen molar-refractivity contribution in [3.05, 3.63) is 58.4 Å². The minimum Gasteiger partial charge on any atom is -0.486 e. The van der Waals surface area contributed by atoms with Crippen LogP contribution in [0.15, 0.2) is 36.4 Å². The largest absolute Gasteiger partial charge is 0.486 e. The number of hydrogen-bond donors (Lipinski definition) is 2. The molecular formula is C14H12ClFN2O2. The number of carbonyl (C=O) groups excluding carboxylic acids is 1. The lowest BCUT2D eigenvalue weighted by molar-refractivity contribution is 0.0996. The van der Waals surface area contributed by atoms with Crippen LogP contribution in [0.2, 0.25) is 5.02 Å². The molecule has 2 aromatic rings. The van der Waals surface area contributed by atoms with Crippen LogP contribution in [0.25, 0.3) is 0 Å². The second kappa shape index (κ2) is 5.79. The Morgan fingerprint density at radius 3 is 2.65 bits per heavy atom. The Hall–Kier alpha value is -2.27. The van der Waals surface area contributed by atoms with Gasteiger partial charge in [0.15, 0.2) is 5.75 Å². The summed E-state index contributed by atoms with van der Waals surface area (Å²) in [6, 6.07) is 9.21. The summed E-state index contributed by atoms with van der Waals surface area (Å²) < 4.78 is 19.2. The van der Waals surface area contributed by atoms with Gasteiger partial charge in [-0.25, -0.2) is 4.39 Å². The highest BCUT2D eigenvalue weighted by Gasteiger charge is 2.14. The van der Waals surface area contributed by atoms with Crippen LogP contribution in [0.3, 0.4) is 0 Å². The van der Waals surface area contributed by atoms with Gasteiger partial charge in [0.2, 0.25) is 0 Å². The minimum absolute atomic E-state index is 0.00209. The van der Waals surface area contributed by atoms with Crippen molar-refractivity contribution in [1.82, 2.24) is 0 Å². The van der Waals surface area contributed by atoms with E-state index in [0.29, 0.717) is 0 Å². The number of para-hydroxylation sites is 1. The molecule has 0 aliphatic rings. The van der Waals surface area contributed by atoms with Gasteiger partial charge >= 0.3 is 0 Å². The lowest BCUT2D eigenvalue weighted by atomic mass is 10.1. The van der Waals surface area contributed by atoms with Gasteiger partial charge < -0.3 is 16.2 Å². The van der Waals surface area contributed by atoms with Gasteiger partial charge in [0.05, 0.1) is 16.3 Å². The molecule has 0 bridgehead atoms. The first-order chi connectivity index (χ1) is 9.50. The van der Waals surface area contributed by atoms with Crippen LogP contribution in [0.1, 0.15) is 15.9 Å². The fourth-order valence-electron chi connectivity index (χ4n) is 1.72. The number of anilines is 1. The van der Waals surface area contributed by atoms with Crippen molar-refractivity contribution in [2.45, 2.75) is 6.61 Å². The van der Waals surface area contributed by atoms with E-state index in [1.165, 1.54) is 18.2 Å². The zero-order chi connectivity index (χ0) is 14.7. The molecule has 2 rings (SSSR count). The molecule has 0 unspecified atom stereocenters. The number of halogens is 2. The number of primary amides is 1. The van der Waals surface area contributed by atoms with E-state index >= 15 is 0 Å². The lowest BCUT2D eigenvalue weighted by Gasteiger charge is -2.12. The summed E-state index contributed by atoms with van der Waals surface area (Å²) in [6.07, 6.45) is 0. The fraction of sp³-hybridized carbons (Fsp3) is 0.0714. The number of nitrogen functional groups attached to an aromatic ring is 1. The van der Waals surface area contributed by atoms with E-state index in [-0.39, 0.29) is 34.2 Å². The monoisotopic (exact) mass is 294 g/mol. The molecule has 104 valence electrons. The molecule has 0 radical (unpaired) electrons. The number of carbonyl (C=O) groups is 1. The highest BCUT2D eigenvalue weighted by atomic mass is 35.5. The van der Waals surface area contributed by atoms with Crippen LogP contribution in [0.4, 0.5) is 10.1 Å². The molecule has 0 saturated heterocycles. The van der Waals surface area contributed by atoms with Crippen LogP contribution in [-0.2, 0) is 6.61 Å². The van der Waals surface area contributed by atoms with Crippen LogP contribution in [-0.4, -0.2) is 5.91 Å². The molecule has 1 amide bonds. The van der Waals surface area contributed by atoms with E-state index in [0.717, 1.165) is 0 Å². The van der Waals surface area contributed by atoms with Gasteiger partial charge in [0.1, 0.15) is 12.4 Å². The van der Waals surface area contributed by atoms with Crippen LogP contribution in [0.5, 0.6) is 5.75 Å². The Kier molecular flexibility index (Phi) is 4.10. The number of nitrogens with two attached hydrogens (primary N) is 2. The van der Waals surface area contributed by atoms with Crippen molar-refractivity contribution in [3.63, 3.8) is 0 Å². The summed E-state index contributed by atoms with van der Waals surface area (Å²) in [4.78, 5) is 11.3. The van der Waals surface area contributed by atoms with E-state index in [9.17, 15) is 9.18 Å². The minimum atomic E-state index is -0.668. The maximum Gasteiger partial charge on any atom is 0.252 e. The van der Waals surface area contributed by atoms with Crippen LogP contribution >= 0.6 is 11.6 Å². The summed E-state index contributed by atoms with van der Waals surface area (Å²) in [7, 11) is 0. The van der Waals surface area contributed by atoms with E-state index in [2.05, 4.69) is 0 Å². The molecule has 6 heteroatoms. The maximum absolute atomic E-state index is 13.7. The van der Waals surface area contributed by atoms with E-state index < -0.39 is 11.7 Å². The molecule has 0 aliphatic carbocycles. The number of ether oxygens (including phenoxy) is 1. The average molecular weight is 295 g/mol. The van der Waals surface area contributed by atoms with Crippen molar-refractivity contribution in [2.24, 2.45) is 5.73 Å². The Bertz CT molecular complexity index is 662. The molecule has 0 atom stereocenters. The van der Waals surface area contributed by atoms with Gasteiger partial charge in [-0.15, -0.1) is 0 Å². The second-order valence-electron chi connectivity index (χ2n) is 4.09. The molecule has 0 saturated carbocycles. The summed E-state index contributed by atoms with van der Waals surface area (Å²) in [5, 5.41) is 0.00209. The zero-order valence-corrected chi connectivity index (χ0v) is 11.2. The topological polar surface area (TPSA) is 78.3 Å². The third-order valence-corrected chi connectivity index (χ3v) is 3.01. The number of hydrogen-bond acceptors (Lipinski definition) is 3. The Labute approximate surface area is 120 Å². The highest BCUT2D eigenvalue weighted by Crippen LogP contribution is 2.28. The third-order valence-electron chi connectivity index (χ3n) is 2.71. The molecule has 0 spiro atoms. The summed E-state index contributed by atoms with van der Waals surface area (Å²) in [5.74, 6) is -1.09.